The van der Waals surface area contributed by atoms with E-state index in [1.54, 1.807) is 23.0 Å². The number of aromatic nitrogens is 2. The first-order chi connectivity index (χ1) is 14.1. The fraction of sp³-hybridized carbons (Fsp3) is 0.0909. The van der Waals surface area contributed by atoms with Gasteiger partial charge in [0.05, 0.1) is 18.4 Å². The number of para-hydroxylation sites is 1. The molecular weight excluding hydrogens is 407 g/mol. The quantitative estimate of drug-likeness (QED) is 0.311. The SMILES string of the molecule is Cc1ccc(-c2nn(-c3ccccc3)cc2/C=N/NCc2c(Cl)cccc2Cl)o1. The zero-order chi connectivity index (χ0) is 20.2. The molecular formula is C22H18Cl2N4O. The lowest BCUT2D eigenvalue weighted by Crippen LogP contribution is -2.06. The Morgan fingerprint density at radius 1 is 1.03 bits per heavy atom. The van der Waals surface area contributed by atoms with Gasteiger partial charge in [-0.2, -0.15) is 10.2 Å². The van der Waals surface area contributed by atoms with Gasteiger partial charge in [-0.15, -0.1) is 0 Å². The molecule has 0 spiro atoms. The zero-order valence-corrected chi connectivity index (χ0v) is 17.2. The molecule has 2 heterocycles. The third-order valence-corrected chi connectivity index (χ3v) is 5.06. The summed E-state index contributed by atoms with van der Waals surface area (Å²) in [4.78, 5) is 0. The monoisotopic (exact) mass is 424 g/mol. The van der Waals surface area contributed by atoms with Crippen LogP contribution in [0.3, 0.4) is 0 Å². The third-order valence-electron chi connectivity index (χ3n) is 4.35. The second-order valence-electron chi connectivity index (χ2n) is 6.42. The first-order valence-electron chi connectivity index (χ1n) is 9.02. The summed E-state index contributed by atoms with van der Waals surface area (Å²) in [6, 6.07) is 19.1. The molecule has 5 nitrogen and oxygen atoms in total. The van der Waals surface area contributed by atoms with Gasteiger partial charge in [-0.1, -0.05) is 47.5 Å². The van der Waals surface area contributed by atoms with Crippen LogP contribution in [0.15, 0.2) is 76.4 Å². The maximum Gasteiger partial charge on any atom is 0.155 e. The normalized spacial score (nSPS) is 11.3. The van der Waals surface area contributed by atoms with Crippen molar-refractivity contribution >= 4 is 29.4 Å². The van der Waals surface area contributed by atoms with Gasteiger partial charge < -0.3 is 9.84 Å². The Balaban J connectivity index is 1.60. The molecule has 0 aliphatic carbocycles. The van der Waals surface area contributed by atoms with Crippen LogP contribution in [0, 0.1) is 6.92 Å². The highest BCUT2D eigenvalue weighted by molar-refractivity contribution is 6.35. The van der Waals surface area contributed by atoms with Crippen molar-refractivity contribution < 1.29 is 4.42 Å². The molecule has 0 fully saturated rings. The summed E-state index contributed by atoms with van der Waals surface area (Å²) in [5, 5.41) is 10.2. The Morgan fingerprint density at radius 3 is 2.48 bits per heavy atom. The number of nitrogens with zero attached hydrogens (tertiary/aromatic N) is 3. The van der Waals surface area contributed by atoms with Gasteiger partial charge >= 0.3 is 0 Å². The summed E-state index contributed by atoms with van der Waals surface area (Å²) in [7, 11) is 0. The van der Waals surface area contributed by atoms with Crippen LogP contribution in [-0.4, -0.2) is 16.0 Å². The van der Waals surface area contributed by atoms with Crippen LogP contribution < -0.4 is 5.43 Å². The average Bonchev–Trinajstić information content (AvgIpc) is 3.34. The van der Waals surface area contributed by atoms with Crippen molar-refractivity contribution in [2.45, 2.75) is 13.5 Å². The highest BCUT2D eigenvalue weighted by Crippen LogP contribution is 2.25. The molecule has 0 amide bonds. The van der Waals surface area contributed by atoms with Crippen LogP contribution in [0.2, 0.25) is 10.0 Å². The van der Waals surface area contributed by atoms with E-state index in [1.165, 1.54) is 0 Å². The van der Waals surface area contributed by atoms with Gasteiger partial charge in [0.15, 0.2) is 5.76 Å². The third kappa shape index (κ3) is 4.36. The van der Waals surface area contributed by atoms with Gasteiger partial charge in [0.1, 0.15) is 11.5 Å². The maximum absolute atomic E-state index is 6.20. The molecule has 146 valence electrons. The Morgan fingerprint density at radius 2 is 1.79 bits per heavy atom. The van der Waals surface area contributed by atoms with E-state index >= 15 is 0 Å². The summed E-state index contributed by atoms with van der Waals surface area (Å²) in [5.41, 5.74) is 6.28. The lowest BCUT2D eigenvalue weighted by molar-refractivity contribution is 0.545. The number of rotatable bonds is 6. The van der Waals surface area contributed by atoms with Gasteiger partial charge in [-0.05, 0) is 43.3 Å². The molecule has 0 saturated heterocycles. The molecule has 1 N–H and O–H groups in total. The van der Waals surface area contributed by atoms with Gasteiger partial charge in [0.25, 0.3) is 0 Å². The fourth-order valence-corrected chi connectivity index (χ4v) is 3.42. The Hall–Kier alpha value is -3.02. The van der Waals surface area contributed by atoms with Crippen molar-refractivity contribution in [1.82, 2.24) is 15.2 Å². The number of aryl methyl sites for hydroxylation is 1. The van der Waals surface area contributed by atoms with Gasteiger partial charge in [0, 0.05) is 27.4 Å². The highest BCUT2D eigenvalue weighted by atomic mass is 35.5. The Bertz CT molecular complexity index is 1130. The predicted octanol–water partition coefficient (Wildman–Crippen LogP) is 5.87. The molecule has 2 aromatic carbocycles. The number of benzene rings is 2. The molecule has 0 atom stereocenters. The number of nitrogens with one attached hydrogen (secondary N) is 1. The van der Waals surface area contributed by atoms with Gasteiger partial charge in [-0.3, -0.25) is 0 Å². The zero-order valence-electron chi connectivity index (χ0n) is 15.6. The minimum Gasteiger partial charge on any atom is -0.460 e. The number of hydrazone groups is 1. The molecule has 0 radical (unpaired) electrons. The van der Waals surface area contributed by atoms with Crippen LogP contribution in [-0.2, 0) is 6.54 Å². The molecule has 0 unspecified atom stereocenters. The lowest BCUT2D eigenvalue weighted by Gasteiger charge is -2.05. The van der Waals surface area contributed by atoms with Crippen molar-refractivity contribution in [2.75, 3.05) is 0 Å². The Labute approximate surface area is 178 Å². The summed E-state index contributed by atoms with van der Waals surface area (Å²) in [6.07, 6.45) is 3.63. The first kappa shape index (κ1) is 19.3. The van der Waals surface area contributed by atoms with E-state index in [9.17, 15) is 0 Å². The summed E-state index contributed by atoms with van der Waals surface area (Å²) < 4.78 is 7.58. The highest BCUT2D eigenvalue weighted by Gasteiger charge is 2.14. The van der Waals surface area contributed by atoms with E-state index in [2.05, 4.69) is 10.5 Å². The molecule has 29 heavy (non-hydrogen) atoms. The second kappa shape index (κ2) is 8.55. The molecule has 0 aliphatic rings. The molecule has 2 aromatic heterocycles. The van der Waals surface area contributed by atoms with Crippen LogP contribution in [0.1, 0.15) is 16.9 Å². The maximum atomic E-state index is 6.20. The number of furan rings is 1. The van der Waals surface area contributed by atoms with Gasteiger partial charge in [0.2, 0.25) is 0 Å². The molecule has 7 heteroatoms. The van der Waals surface area contributed by atoms with E-state index in [1.807, 2.05) is 61.7 Å². The average molecular weight is 425 g/mol. The van der Waals surface area contributed by atoms with E-state index in [-0.39, 0.29) is 0 Å². The fourth-order valence-electron chi connectivity index (χ4n) is 2.89. The lowest BCUT2D eigenvalue weighted by atomic mass is 10.2. The van der Waals surface area contributed by atoms with Crippen molar-refractivity contribution in [3.63, 3.8) is 0 Å². The van der Waals surface area contributed by atoms with E-state index in [4.69, 9.17) is 32.7 Å². The predicted molar refractivity (Wildman–Crippen MR) is 117 cm³/mol. The summed E-state index contributed by atoms with van der Waals surface area (Å²) in [5.74, 6) is 1.51. The first-order valence-corrected chi connectivity index (χ1v) is 9.78. The summed E-state index contributed by atoms with van der Waals surface area (Å²) >= 11 is 12.4. The standard InChI is InChI=1S/C22H18Cl2N4O/c1-15-10-11-21(29-15)22-16(14-28(27-22)17-6-3-2-4-7-17)12-25-26-13-18-19(23)8-5-9-20(18)24/h2-12,14,26H,13H2,1H3/b25-12+. The molecule has 4 rings (SSSR count). The van der Waals surface area contributed by atoms with Crippen LogP contribution in [0.5, 0.6) is 0 Å². The van der Waals surface area contributed by atoms with Crippen molar-refractivity contribution in [3.05, 3.63) is 93.8 Å². The van der Waals surface area contributed by atoms with E-state index in [0.29, 0.717) is 28.0 Å². The van der Waals surface area contributed by atoms with Crippen molar-refractivity contribution in [1.29, 1.82) is 0 Å². The largest absolute Gasteiger partial charge is 0.460 e. The van der Waals surface area contributed by atoms with Crippen molar-refractivity contribution in [2.24, 2.45) is 5.10 Å². The smallest absolute Gasteiger partial charge is 0.155 e. The molecule has 0 saturated carbocycles. The molecule has 4 aromatic rings. The van der Waals surface area contributed by atoms with E-state index in [0.717, 1.165) is 22.6 Å². The number of hydrogen-bond acceptors (Lipinski definition) is 4. The number of hydrogen-bond donors (Lipinski definition) is 1. The number of halogens is 2. The topological polar surface area (TPSA) is 55.4 Å². The van der Waals surface area contributed by atoms with Crippen molar-refractivity contribution in [3.8, 4) is 17.1 Å². The summed E-state index contributed by atoms with van der Waals surface area (Å²) in [6.45, 7) is 2.32. The van der Waals surface area contributed by atoms with Crippen LogP contribution >= 0.6 is 23.2 Å². The minimum atomic E-state index is 0.414. The van der Waals surface area contributed by atoms with Crippen LogP contribution in [0.4, 0.5) is 0 Å². The second-order valence-corrected chi connectivity index (χ2v) is 7.23. The molecule has 0 aliphatic heterocycles. The minimum absolute atomic E-state index is 0.414. The van der Waals surface area contributed by atoms with Crippen LogP contribution in [0.25, 0.3) is 17.1 Å². The Kier molecular flexibility index (Phi) is 5.69. The van der Waals surface area contributed by atoms with E-state index < -0.39 is 0 Å². The van der Waals surface area contributed by atoms with Gasteiger partial charge in [-0.25, -0.2) is 4.68 Å². The molecule has 0 bridgehead atoms.